The van der Waals surface area contributed by atoms with E-state index >= 15 is 0 Å². The van der Waals surface area contributed by atoms with E-state index in [1.807, 2.05) is 18.2 Å². The van der Waals surface area contributed by atoms with Crippen LogP contribution in [0, 0.1) is 3.57 Å². The number of oxazole rings is 1. The third-order valence-electron chi connectivity index (χ3n) is 1.53. The molecule has 1 N–H and O–H groups in total. The van der Waals surface area contributed by atoms with Gasteiger partial charge in [-0.3, -0.25) is 0 Å². The first-order chi connectivity index (χ1) is 5.79. The van der Waals surface area contributed by atoms with E-state index in [1.165, 1.54) is 0 Å². The first kappa shape index (κ1) is 8.00. The molecule has 0 aliphatic carbocycles. The van der Waals surface area contributed by atoms with Crippen molar-refractivity contribution in [1.29, 1.82) is 0 Å². The highest BCUT2D eigenvalue weighted by Crippen LogP contribution is 2.17. The Morgan fingerprint density at radius 2 is 2.33 bits per heavy atom. The minimum absolute atomic E-state index is 0.148. The summed E-state index contributed by atoms with van der Waals surface area (Å²) < 4.78 is 6.32. The number of nitrogens with zero attached hydrogens (tertiary/aromatic N) is 1. The van der Waals surface area contributed by atoms with E-state index in [4.69, 9.17) is 9.52 Å². The summed E-state index contributed by atoms with van der Waals surface area (Å²) in [6.45, 7) is -0.148. The Morgan fingerprint density at radius 1 is 1.50 bits per heavy atom. The van der Waals surface area contributed by atoms with Crippen LogP contribution in [-0.4, -0.2) is 10.1 Å². The van der Waals surface area contributed by atoms with Gasteiger partial charge in [0.1, 0.15) is 12.1 Å². The zero-order valence-electron chi connectivity index (χ0n) is 6.12. The van der Waals surface area contributed by atoms with Gasteiger partial charge in [0.2, 0.25) is 5.89 Å². The van der Waals surface area contributed by atoms with Crippen LogP contribution >= 0.6 is 22.6 Å². The standard InChI is InChI=1S/C8H6INO2/c9-5-1-2-7-6(3-5)10-8(4-11)12-7/h1-3,11H,4H2. The van der Waals surface area contributed by atoms with Crippen LogP contribution < -0.4 is 0 Å². The molecule has 0 saturated heterocycles. The van der Waals surface area contributed by atoms with Gasteiger partial charge in [0, 0.05) is 3.57 Å². The van der Waals surface area contributed by atoms with Gasteiger partial charge in [0.15, 0.2) is 5.58 Å². The highest BCUT2D eigenvalue weighted by Gasteiger charge is 2.03. The topological polar surface area (TPSA) is 46.3 Å². The average molecular weight is 275 g/mol. The van der Waals surface area contributed by atoms with Gasteiger partial charge in [0.25, 0.3) is 0 Å². The molecule has 0 bridgehead atoms. The molecule has 1 aromatic heterocycles. The summed E-state index contributed by atoms with van der Waals surface area (Å²) in [5.41, 5.74) is 1.52. The zero-order chi connectivity index (χ0) is 8.55. The smallest absolute Gasteiger partial charge is 0.221 e. The monoisotopic (exact) mass is 275 g/mol. The van der Waals surface area contributed by atoms with Gasteiger partial charge in [-0.2, -0.15) is 0 Å². The lowest BCUT2D eigenvalue weighted by molar-refractivity contribution is 0.244. The van der Waals surface area contributed by atoms with Crippen molar-refractivity contribution in [2.24, 2.45) is 0 Å². The molecule has 0 amide bonds. The van der Waals surface area contributed by atoms with Gasteiger partial charge in [0.05, 0.1) is 0 Å². The molecule has 0 atom stereocenters. The molecule has 0 fully saturated rings. The van der Waals surface area contributed by atoms with Crippen molar-refractivity contribution in [2.75, 3.05) is 0 Å². The molecule has 2 aromatic rings. The second kappa shape index (κ2) is 3.02. The highest BCUT2D eigenvalue weighted by atomic mass is 127. The van der Waals surface area contributed by atoms with E-state index in [1.54, 1.807) is 0 Å². The van der Waals surface area contributed by atoms with E-state index in [9.17, 15) is 0 Å². The van der Waals surface area contributed by atoms with E-state index in [-0.39, 0.29) is 6.61 Å². The Hall–Kier alpha value is -0.620. The normalized spacial score (nSPS) is 10.8. The third-order valence-corrected chi connectivity index (χ3v) is 2.20. The number of halogens is 1. The van der Waals surface area contributed by atoms with Crippen LogP contribution in [0.4, 0.5) is 0 Å². The van der Waals surface area contributed by atoms with E-state index < -0.39 is 0 Å². The van der Waals surface area contributed by atoms with E-state index in [0.717, 1.165) is 14.7 Å². The minimum Gasteiger partial charge on any atom is -0.438 e. The molecule has 0 aliphatic rings. The lowest BCUT2D eigenvalue weighted by Crippen LogP contribution is -1.79. The second-order valence-corrected chi connectivity index (χ2v) is 3.62. The molecule has 12 heavy (non-hydrogen) atoms. The fourth-order valence-electron chi connectivity index (χ4n) is 1.02. The lowest BCUT2D eigenvalue weighted by atomic mass is 10.3. The molecule has 0 aliphatic heterocycles. The Bertz CT molecular complexity index is 410. The quantitative estimate of drug-likeness (QED) is 0.809. The molecule has 1 heterocycles. The Labute approximate surface area is 82.5 Å². The average Bonchev–Trinajstić information content (AvgIpc) is 2.46. The van der Waals surface area contributed by atoms with Crippen LogP contribution in [0.5, 0.6) is 0 Å². The fraction of sp³-hybridized carbons (Fsp3) is 0.125. The van der Waals surface area contributed by atoms with Crippen LogP contribution in [-0.2, 0) is 6.61 Å². The van der Waals surface area contributed by atoms with E-state index in [2.05, 4.69) is 27.6 Å². The van der Waals surface area contributed by atoms with Crippen LogP contribution in [0.2, 0.25) is 0 Å². The predicted molar refractivity (Wildman–Crippen MR) is 52.6 cm³/mol. The van der Waals surface area contributed by atoms with Crippen LogP contribution in [0.3, 0.4) is 0 Å². The largest absolute Gasteiger partial charge is 0.438 e. The number of aliphatic hydroxyl groups excluding tert-OH is 1. The molecule has 1 aromatic carbocycles. The van der Waals surface area contributed by atoms with Gasteiger partial charge in [-0.15, -0.1) is 0 Å². The Morgan fingerprint density at radius 3 is 3.08 bits per heavy atom. The molecule has 0 spiro atoms. The maximum absolute atomic E-state index is 8.75. The van der Waals surface area contributed by atoms with Crippen molar-refractivity contribution in [1.82, 2.24) is 4.98 Å². The number of aromatic nitrogens is 1. The highest BCUT2D eigenvalue weighted by molar-refractivity contribution is 14.1. The zero-order valence-corrected chi connectivity index (χ0v) is 8.28. The summed E-state index contributed by atoms with van der Waals surface area (Å²) in [7, 11) is 0. The molecule has 0 unspecified atom stereocenters. The van der Waals surface area contributed by atoms with Gasteiger partial charge < -0.3 is 9.52 Å². The molecule has 62 valence electrons. The lowest BCUT2D eigenvalue weighted by Gasteiger charge is -1.86. The number of rotatable bonds is 1. The summed E-state index contributed by atoms with van der Waals surface area (Å²) in [6, 6.07) is 5.71. The number of benzene rings is 1. The molecule has 2 rings (SSSR count). The van der Waals surface area contributed by atoms with E-state index in [0.29, 0.717) is 5.89 Å². The fourth-order valence-corrected chi connectivity index (χ4v) is 1.49. The van der Waals surface area contributed by atoms with Crippen molar-refractivity contribution < 1.29 is 9.52 Å². The maximum Gasteiger partial charge on any atom is 0.221 e. The first-order valence-corrected chi connectivity index (χ1v) is 4.53. The third kappa shape index (κ3) is 1.32. The number of hydrogen-bond acceptors (Lipinski definition) is 3. The van der Waals surface area contributed by atoms with Gasteiger partial charge in [-0.05, 0) is 40.8 Å². The second-order valence-electron chi connectivity index (χ2n) is 2.38. The van der Waals surface area contributed by atoms with Crippen molar-refractivity contribution >= 4 is 33.7 Å². The molecular formula is C8H6INO2. The molecule has 0 saturated carbocycles. The van der Waals surface area contributed by atoms with Crippen molar-refractivity contribution in [3.8, 4) is 0 Å². The summed E-state index contributed by atoms with van der Waals surface area (Å²) in [5.74, 6) is 0.368. The molecule has 4 heteroatoms. The SMILES string of the molecule is OCc1nc2cc(I)ccc2o1. The first-order valence-electron chi connectivity index (χ1n) is 3.45. The van der Waals surface area contributed by atoms with Gasteiger partial charge in [-0.1, -0.05) is 0 Å². The summed E-state index contributed by atoms with van der Waals surface area (Å²) >= 11 is 2.21. The van der Waals surface area contributed by atoms with Gasteiger partial charge >= 0.3 is 0 Å². The minimum atomic E-state index is -0.148. The Kier molecular flexibility index (Phi) is 2.02. The molecule has 0 radical (unpaired) electrons. The van der Waals surface area contributed by atoms with Crippen LogP contribution in [0.15, 0.2) is 22.6 Å². The Balaban J connectivity index is 2.67. The van der Waals surface area contributed by atoms with Gasteiger partial charge in [-0.25, -0.2) is 4.98 Å². The van der Waals surface area contributed by atoms with Crippen molar-refractivity contribution in [3.63, 3.8) is 0 Å². The molecular weight excluding hydrogens is 269 g/mol. The van der Waals surface area contributed by atoms with Crippen LogP contribution in [0.1, 0.15) is 5.89 Å². The maximum atomic E-state index is 8.75. The van der Waals surface area contributed by atoms with Crippen molar-refractivity contribution in [2.45, 2.75) is 6.61 Å². The van der Waals surface area contributed by atoms with Crippen LogP contribution in [0.25, 0.3) is 11.1 Å². The number of aliphatic hydroxyl groups is 1. The number of hydrogen-bond donors (Lipinski definition) is 1. The summed E-state index contributed by atoms with van der Waals surface area (Å²) in [5, 5.41) is 8.75. The number of fused-ring (bicyclic) bond motifs is 1. The van der Waals surface area contributed by atoms with Crippen molar-refractivity contribution in [3.05, 3.63) is 27.7 Å². The summed E-state index contributed by atoms with van der Waals surface area (Å²) in [4.78, 5) is 4.07. The summed E-state index contributed by atoms with van der Waals surface area (Å²) in [6.07, 6.45) is 0. The molecule has 3 nitrogen and oxygen atoms in total. The predicted octanol–water partition coefficient (Wildman–Crippen LogP) is 1.92.